The van der Waals surface area contributed by atoms with Crippen LogP contribution in [-0.4, -0.2) is 0 Å². The van der Waals surface area contributed by atoms with Gasteiger partial charge in [0.2, 0.25) is 0 Å². The Kier molecular flexibility index (Phi) is 8.06. The van der Waals surface area contributed by atoms with Crippen molar-refractivity contribution in [3.8, 4) is 66.8 Å². The minimum absolute atomic E-state index is 1.25. The molecular formula is C66H46S. The molecule has 0 N–H and O–H groups in total. The van der Waals surface area contributed by atoms with Crippen LogP contribution in [0.5, 0.6) is 0 Å². The number of aryl methyl sites for hydroxylation is 6. The maximum Gasteiger partial charge on any atom is 0.0434 e. The van der Waals surface area contributed by atoms with Crippen molar-refractivity contribution in [2.24, 2.45) is 0 Å². The van der Waals surface area contributed by atoms with Crippen LogP contribution in [0.2, 0.25) is 0 Å². The smallest absolute Gasteiger partial charge is 0.0434 e. The van der Waals surface area contributed by atoms with E-state index in [0.29, 0.717) is 0 Å². The van der Waals surface area contributed by atoms with Gasteiger partial charge >= 0.3 is 0 Å². The first-order chi connectivity index (χ1) is 32.7. The van der Waals surface area contributed by atoms with E-state index < -0.39 is 0 Å². The monoisotopic (exact) mass is 870 g/mol. The third-order valence-electron chi connectivity index (χ3n) is 15.3. The maximum atomic E-state index is 2.51. The predicted octanol–water partition coefficient (Wildman–Crippen LogP) is 19.4. The normalized spacial score (nSPS) is 12.3. The summed E-state index contributed by atoms with van der Waals surface area (Å²) in [5.41, 5.74) is 23.7. The molecule has 0 amide bonds. The van der Waals surface area contributed by atoms with E-state index in [1.165, 1.54) is 174 Å². The minimum atomic E-state index is 1.25. The fraction of sp³-hybridized carbons (Fsp3) is 0.0909. The Morgan fingerprint density at radius 1 is 0.284 bits per heavy atom. The topological polar surface area (TPSA) is 0 Å². The second-order valence-corrected chi connectivity index (χ2v) is 20.5. The molecule has 0 radical (unpaired) electrons. The molecule has 1 aliphatic carbocycles. The van der Waals surface area contributed by atoms with Gasteiger partial charge in [0.25, 0.3) is 0 Å². The first kappa shape index (κ1) is 38.7. The van der Waals surface area contributed by atoms with Crippen LogP contribution < -0.4 is 0 Å². The summed E-state index contributed by atoms with van der Waals surface area (Å²) >= 11 is 1.93. The van der Waals surface area contributed by atoms with Gasteiger partial charge in [-0.2, -0.15) is 0 Å². The molecule has 0 spiro atoms. The predicted molar refractivity (Wildman–Crippen MR) is 293 cm³/mol. The van der Waals surface area contributed by atoms with Crippen molar-refractivity contribution in [1.82, 2.24) is 0 Å². The largest absolute Gasteiger partial charge is 0.135 e. The van der Waals surface area contributed by atoms with Crippen molar-refractivity contribution in [3.63, 3.8) is 0 Å². The van der Waals surface area contributed by atoms with Crippen LogP contribution in [0.25, 0.3) is 141 Å². The van der Waals surface area contributed by atoms with Crippen molar-refractivity contribution in [3.05, 3.63) is 203 Å². The average Bonchev–Trinajstić information content (AvgIpc) is 3.87. The molecule has 0 saturated carbocycles. The Balaban J connectivity index is 1.10. The fourth-order valence-corrected chi connectivity index (χ4v) is 14.1. The summed E-state index contributed by atoms with van der Waals surface area (Å²) < 4.78 is 2.65. The Hall–Kier alpha value is -7.58. The van der Waals surface area contributed by atoms with Gasteiger partial charge in [0.1, 0.15) is 0 Å². The first-order valence-corrected chi connectivity index (χ1v) is 24.5. The van der Waals surface area contributed by atoms with Crippen LogP contribution in [-0.2, 0) is 0 Å². The Morgan fingerprint density at radius 3 is 1.43 bits per heavy atom. The first-order valence-electron chi connectivity index (χ1n) is 23.7. The van der Waals surface area contributed by atoms with Crippen LogP contribution in [0.15, 0.2) is 170 Å². The second kappa shape index (κ2) is 14.0. The third-order valence-corrected chi connectivity index (χ3v) is 16.5. The maximum absolute atomic E-state index is 2.51. The highest BCUT2D eigenvalue weighted by molar-refractivity contribution is 7.26. The summed E-state index contributed by atoms with van der Waals surface area (Å²) in [7, 11) is 0. The molecule has 14 rings (SSSR count). The molecule has 0 unspecified atom stereocenters. The summed E-state index contributed by atoms with van der Waals surface area (Å²) in [5.74, 6) is 0. The standard InChI is InChI=1S/C66H46S/c1-35-29-37(3)57(38(4)30-35)62-49-16-7-8-17-50(49)63(58-39(5)31-36(2)32-40(58)6)65-53-28-27-46(48-18-12-19-52(61(48)53)64(62)65)54-33-44(34-55-47-15-9-10-20-56(47)67-66(54)55)45-25-23-43-22-21-41-13-11-14-42-24-26-51(45)60(43)59(41)42/h7-34H,1-6H3. The van der Waals surface area contributed by atoms with Crippen LogP contribution in [0.1, 0.15) is 33.4 Å². The Morgan fingerprint density at radius 2 is 0.776 bits per heavy atom. The van der Waals surface area contributed by atoms with E-state index in [1.807, 2.05) is 11.3 Å². The van der Waals surface area contributed by atoms with Gasteiger partial charge < -0.3 is 0 Å². The average molecular weight is 871 g/mol. The van der Waals surface area contributed by atoms with Crippen molar-refractivity contribution < 1.29 is 0 Å². The summed E-state index contributed by atoms with van der Waals surface area (Å²) in [4.78, 5) is 0. The number of hydrogen-bond acceptors (Lipinski definition) is 1. The lowest BCUT2D eigenvalue weighted by Crippen LogP contribution is -1.99. The number of rotatable bonds is 4. The van der Waals surface area contributed by atoms with E-state index in [4.69, 9.17) is 0 Å². The van der Waals surface area contributed by atoms with Crippen molar-refractivity contribution >= 4 is 85.4 Å². The molecule has 1 aromatic heterocycles. The van der Waals surface area contributed by atoms with Gasteiger partial charge in [-0.3, -0.25) is 0 Å². The van der Waals surface area contributed by atoms with E-state index in [0.717, 1.165) is 0 Å². The molecule has 0 atom stereocenters. The number of hydrogen-bond donors (Lipinski definition) is 0. The highest BCUT2D eigenvalue weighted by Gasteiger charge is 2.33. The summed E-state index contributed by atoms with van der Waals surface area (Å²) in [6, 6.07) is 65.4. The highest BCUT2D eigenvalue weighted by Crippen LogP contribution is 2.60. The zero-order valence-electron chi connectivity index (χ0n) is 38.6. The third kappa shape index (κ3) is 5.35. The summed E-state index contributed by atoms with van der Waals surface area (Å²) in [5, 5.41) is 15.8. The fourth-order valence-electron chi connectivity index (χ4n) is 12.9. The van der Waals surface area contributed by atoms with Crippen LogP contribution in [0.4, 0.5) is 0 Å². The molecule has 0 bridgehead atoms. The molecule has 0 nitrogen and oxygen atoms in total. The van der Waals surface area contributed by atoms with Crippen molar-refractivity contribution in [2.45, 2.75) is 41.5 Å². The minimum Gasteiger partial charge on any atom is -0.135 e. The van der Waals surface area contributed by atoms with E-state index in [9.17, 15) is 0 Å². The van der Waals surface area contributed by atoms with Gasteiger partial charge in [-0.25, -0.2) is 0 Å². The Labute approximate surface area is 394 Å². The quantitative estimate of drug-likeness (QED) is 0.155. The number of fused-ring (bicyclic) bond motifs is 7. The second-order valence-electron chi connectivity index (χ2n) is 19.4. The van der Waals surface area contributed by atoms with Crippen LogP contribution in [0, 0.1) is 41.5 Å². The molecular weight excluding hydrogens is 825 g/mol. The van der Waals surface area contributed by atoms with Gasteiger partial charge in [-0.1, -0.05) is 163 Å². The van der Waals surface area contributed by atoms with E-state index in [1.54, 1.807) is 0 Å². The van der Waals surface area contributed by atoms with Crippen molar-refractivity contribution in [1.29, 1.82) is 0 Å². The van der Waals surface area contributed by atoms with E-state index in [-0.39, 0.29) is 0 Å². The van der Waals surface area contributed by atoms with Gasteiger partial charge in [0, 0.05) is 25.7 Å². The SMILES string of the molecule is Cc1cc(C)c(-c2c3c(c(-c4c(C)cc(C)cc4C)c4ccccc24)-c2ccc(-c4cc(-c5ccc6ccc7cccc8ccc5c6c78)cc5c4sc4ccccc45)c4cccc-3c24)c(C)c1. The molecule has 1 heterocycles. The summed E-state index contributed by atoms with van der Waals surface area (Å²) in [6.45, 7) is 13.7. The molecule has 67 heavy (non-hydrogen) atoms. The van der Waals surface area contributed by atoms with E-state index in [2.05, 4.69) is 211 Å². The number of thiophene rings is 1. The summed E-state index contributed by atoms with van der Waals surface area (Å²) in [6.07, 6.45) is 0. The molecule has 12 aromatic carbocycles. The van der Waals surface area contributed by atoms with Crippen LogP contribution in [0.3, 0.4) is 0 Å². The lowest BCUT2D eigenvalue weighted by Gasteiger charge is -2.24. The molecule has 13 aromatic rings. The van der Waals surface area contributed by atoms with Gasteiger partial charge in [-0.05, 0) is 197 Å². The van der Waals surface area contributed by atoms with Gasteiger partial charge in [0.05, 0.1) is 0 Å². The number of benzene rings is 12. The lowest BCUT2D eigenvalue weighted by atomic mass is 9.79. The molecule has 0 aliphatic heterocycles. The molecule has 1 aliphatic rings. The molecule has 0 fully saturated rings. The molecule has 0 saturated heterocycles. The molecule has 316 valence electrons. The highest BCUT2D eigenvalue weighted by atomic mass is 32.1. The molecule has 1 heteroatoms. The van der Waals surface area contributed by atoms with Gasteiger partial charge in [0.15, 0.2) is 0 Å². The van der Waals surface area contributed by atoms with E-state index >= 15 is 0 Å². The van der Waals surface area contributed by atoms with Crippen molar-refractivity contribution in [2.75, 3.05) is 0 Å². The zero-order chi connectivity index (χ0) is 45.0. The lowest BCUT2D eigenvalue weighted by molar-refractivity contribution is 1.32. The zero-order valence-corrected chi connectivity index (χ0v) is 39.4. The Bertz CT molecular complexity index is 4150. The van der Waals surface area contributed by atoms with Gasteiger partial charge in [-0.15, -0.1) is 11.3 Å². The van der Waals surface area contributed by atoms with Crippen LogP contribution >= 0.6 is 11.3 Å².